The topological polar surface area (TPSA) is 92.3 Å². The van der Waals surface area contributed by atoms with Crippen molar-refractivity contribution in [2.24, 2.45) is 0 Å². The van der Waals surface area contributed by atoms with Crippen LogP contribution in [0.4, 0.5) is 0 Å². The fourth-order valence-electron chi connectivity index (χ4n) is 2.64. The molecule has 0 aliphatic carbocycles. The first-order valence-corrected chi connectivity index (χ1v) is 8.13. The molecule has 1 heterocycles. The number of sulfonamides is 1. The maximum Gasteiger partial charge on any atom is 0.244 e. The van der Waals surface area contributed by atoms with Gasteiger partial charge in [0.15, 0.2) is 0 Å². The second-order valence-corrected chi connectivity index (χ2v) is 7.00. The quantitative estimate of drug-likeness (QED) is 0.804. The van der Waals surface area contributed by atoms with Crippen LogP contribution in [0, 0.1) is 20.8 Å². The summed E-state index contributed by atoms with van der Waals surface area (Å²) in [7, 11) is -3.81. The van der Waals surface area contributed by atoms with Gasteiger partial charge < -0.3 is 0 Å². The summed E-state index contributed by atoms with van der Waals surface area (Å²) in [6, 6.07) is 2.66. The molecule has 0 spiro atoms. The molecule has 1 aliphatic rings. The maximum absolute atomic E-state index is 12.5. The van der Waals surface area contributed by atoms with Crippen LogP contribution in [-0.2, 0) is 19.6 Å². The SMILES string of the molecule is Cc1cc(C)c(S(=O)(=O)NC2CCC(=O)NC2=O)c(C)c1. The van der Waals surface area contributed by atoms with Crippen molar-refractivity contribution in [3.63, 3.8) is 0 Å². The number of hydrogen-bond donors (Lipinski definition) is 2. The molecule has 0 radical (unpaired) electrons. The molecule has 0 saturated carbocycles. The number of nitrogens with one attached hydrogen (secondary N) is 2. The fourth-order valence-corrected chi connectivity index (χ4v) is 4.33. The van der Waals surface area contributed by atoms with Crippen molar-refractivity contribution in [1.82, 2.24) is 10.0 Å². The second-order valence-electron chi connectivity index (χ2n) is 5.35. The maximum atomic E-state index is 12.5. The number of amides is 2. The van der Waals surface area contributed by atoms with E-state index in [1.54, 1.807) is 26.0 Å². The second kappa shape index (κ2) is 5.57. The van der Waals surface area contributed by atoms with Gasteiger partial charge in [0.2, 0.25) is 21.8 Å². The summed E-state index contributed by atoms with van der Waals surface area (Å²) in [4.78, 5) is 23.0. The van der Waals surface area contributed by atoms with Crippen LogP contribution in [0.3, 0.4) is 0 Å². The van der Waals surface area contributed by atoms with Crippen LogP contribution in [-0.4, -0.2) is 26.3 Å². The number of carbonyl (C=O) groups is 2. The third-order valence-corrected chi connectivity index (χ3v) is 5.19. The van der Waals surface area contributed by atoms with E-state index in [9.17, 15) is 18.0 Å². The number of piperidine rings is 1. The molecular weight excluding hydrogens is 292 g/mol. The van der Waals surface area contributed by atoms with E-state index in [0.29, 0.717) is 11.1 Å². The van der Waals surface area contributed by atoms with Gasteiger partial charge in [-0.25, -0.2) is 8.42 Å². The van der Waals surface area contributed by atoms with Crippen LogP contribution in [0.15, 0.2) is 17.0 Å². The molecule has 2 rings (SSSR count). The zero-order chi connectivity index (χ0) is 15.8. The molecule has 1 saturated heterocycles. The first kappa shape index (κ1) is 15.7. The lowest BCUT2D eigenvalue weighted by atomic mass is 10.1. The smallest absolute Gasteiger partial charge is 0.244 e. The molecule has 1 unspecified atom stereocenters. The van der Waals surface area contributed by atoms with Crippen LogP contribution in [0.2, 0.25) is 0 Å². The standard InChI is InChI=1S/C14H18N2O4S/c1-8-6-9(2)13(10(3)7-8)21(19,20)16-11-4-5-12(17)15-14(11)18/h6-7,11,16H,4-5H2,1-3H3,(H,15,17,18). The van der Waals surface area contributed by atoms with Crippen LogP contribution in [0.5, 0.6) is 0 Å². The van der Waals surface area contributed by atoms with Crippen LogP contribution >= 0.6 is 0 Å². The van der Waals surface area contributed by atoms with Crippen molar-refractivity contribution in [3.05, 3.63) is 28.8 Å². The minimum atomic E-state index is -3.81. The molecule has 1 aromatic rings. The highest BCUT2D eigenvalue weighted by atomic mass is 32.2. The Morgan fingerprint density at radius 3 is 2.24 bits per heavy atom. The molecule has 2 N–H and O–H groups in total. The van der Waals surface area contributed by atoms with Gasteiger partial charge in [-0.2, -0.15) is 4.72 Å². The van der Waals surface area contributed by atoms with Gasteiger partial charge in [-0.15, -0.1) is 0 Å². The van der Waals surface area contributed by atoms with Gasteiger partial charge in [-0.05, 0) is 38.3 Å². The summed E-state index contributed by atoms with van der Waals surface area (Å²) in [5, 5.41) is 2.14. The first-order valence-electron chi connectivity index (χ1n) is 6.64. The number of imide groups is 1. The molecule has 1 aliphatic heterocycles. The highest BCUT2D eigenvalue weighted by Gasteiger charge is 2.31. The Balaban J connectivity index is 2.31. The molecule has 6 nitrogen and oxygen atoms in total. The van der Waals surface area contributed by atoms with Crippen molar-refractivity contribution in [3.8, 4) is 0 Å². The Kier molecular flexibility index (Phi) is 4.15. The van der Waals surface area contributed by atoms with E-state index in [2.05, 4.69) is 10.0 Å². The normalized spacial score (nSPS) is 19.5. The Morgan fingerprint density at radius 2 is 1.71 bits per heavy atom. The lowest BCUT2D eigenvalue weighted by Gasteiger charge is -2.22. The van der Waals surface area contributed by atoms with Gasteiger partial charge >= 0.3 is 0 Å². The monoisotopic (exact) mass is 310 g/mol. The van der Waals surface area contributed by atoms with Gasteiger partial charge in [-0.3, -0.25) is 14.9 Å². The van der Waals surface area contributed by atoms with Crippen LogP contribution in [0.25, 0.3) is 0 Å². The minimum absolute atomic E-state index is 0.130. The van der Waals surface area contributed by atoms with Gasteiger partial charge in [-0.1, -0.05) is 17.7 Å². The van der Waals surface area contributed by atoms with Crippen molar-refractivity contribution >= 4 is 21.8 Å². The zero-order valence-corrected chi connectivity index (χ0v) is 13.0. The molecule has 7 heteroatoms. The average Bonchev–Trinajstić information content (AvgIpc) is 2.30. The lowest BCUT2D eigenvalue weighted by Crippen LogP contribution is -2.52. The number of benzene rings is 1. The predicted octanol–water partition coefficient (Wildman–Crippen LogP) is 0.695. The highest BCUT2D eigenvalue weighted by Crippen LogP contribution is 2.22. The summed E-state index contributed by atoms with van der Waals surface area (Å²) in [5.41, 5.74) is 2.24. The third-order valence-electron chi connectivity index (χ3n) is 3.41. The van der Waals surface area contributed by atoms with Crippen molar-refractivity contribution in [2.75, 3.05) is 0 Å². The van der Waals surface area contributed by atoms with E-state index in [4.69, 9.17) is 0 Å². The van der Waals surface area contributed by atoms with Gasteiger partial charge in [0.05, 0.1) is 4.90 Å². The van der Waals surface area contributed by atoms with Crippen molar-refractivity contribution in [2.45, 2.75) is 44.6 Å². The molecule has 1 fully saturated rings. The van der Waals surface area contributed by atoms with Crippen molar-refractivity contribution < 1.29 is 18.0 Å². The van der Waals surface area contributed by atoms with Crippen molar-refractivity contribution in [1.29, 1.82) is 0 Å². The average molecular weight is 310 g/mol. The number of carbonyl (C=O) groups excluding carboxylic acids is 2. The summed E-state index contributed by atoms with van der Waals surface area (Å²) >= 11 is 0. The fraction of sp³-hybridized carbons (Fsp3) is 0.429. The van der Waals surface area contributed by atoms with E-state index >= 15 is 0 Å². The lowest BCUT2D eigenvalue weighted by molar-refractivity contribution is -0.134. The predicted molar refractivity (Wildman–Crippen MR) is 77.1 cm³/mol. The largest absolute Gasteiger partial charge is 0.295 e. The van der Waals surface area contributed by atoms with E-state index in [1.165, 1.54) is 0 Å². The molecule has 0 aromatic heterocycles. The molecule has 0 bridgehead atoms. The molecule has 1 aromatic carbocycles. The molecule has 2 amide bonds. The summed E-state index contributed by atoms with van der Waals surface area (Å²) < 4.78 is 27.4. The Bertz CT molecular complexity index is 687. The van der Waals surface area contributed by atoms with E-state index < -0.39 is 22.0 Å². The first-order chi connectivity index (χ1) is 9.70. The van der Waals surface area contributed by atoms with E-state index in [-0.39, 0.29) is 23.6 Å². The van der Waals surface area contributed by atoms with Crippen LogP contribution in [0.1, 0.15) is 29.5 Å². The third kappa shape index (κ3) is 3.30. The molecule has 114 valence electrons. The van der Waals surface area contributed by atoms with E-state index in [1.807, 2.05) is 6.92 Å². The summed E-state index contributed by atoms with van der Waals surface area (Å²) in [5.74, 6) is -0.976. The highest BCUT2D eigenvalue weighted by molar-refractivity contribution is 7.89. The minimum Gasteiger partial charge on any atom is -0.295 e. The molecule has 21 heavy (non-hydrogen) atoms. The summed E-state index contributed by atoms with van der Waals surface area (Å²) in [6.45, 7) is 5.34. The Labute approximate surface area is 124 Å². The zero-order valence-electron chi connectivity index (χ0n) is 12.2. The number of hydrogen-bond acceptors (Lipinski definition) is 4. The van der Waals surface area contributed by atoms with Gasteiger partial charge in [0.25, 0.3) is 0 Å². The number of aryl methyl sites for hydroxylation is 3. The Hall–Kier alpha value is -1.73. The van der Waals surface area contributed by atoms with Gasteiger partial charge in [0.1, 0.15) is 6.04 Å². The molecular formula is C14H18N2O4S. The summed E-state index contributed by atoms with van der Waals surface area (Å²) in [6.07, 6.45) is 0.304. The van der Waals surface area contributed by atoms with E-state index in [0.717, 1.165) is 5.56 Å². The van der Waals surface area contributed by atoms with Gasteiger partial charge in [0, 0.05) is 6.42 Å². The molecule has 1 atom stereocenters. The van der Waals surface area contributed by atoms with Crippen LogP contribution < -0.4 is 10.0 Å². The number of rotatable bonds is 3. The Morgan fingerprint density at radius 1 is 1.14 bits per heavy atom.